The Morgan fingerprint density at radius 3 is 1.07 bits per heavy atom. The van der Waals surface area contributed by atoms with Crippen LogP contribution in [0.1, 0.15) is 16.7 Å². The summed E-state index contributed by atoms with van der Waals surface area (Å²) in [6, 6.07) is 55.1. The van der Waals surface area contributed by atoms with E-state index in [1.807, 2.05) is 91.3 Å². The molecule has 0 amide bonds. The van der Waals surface area contributed by atoms with Gasteiger partial charge < -0.3 is 15.0 Å². The standard InChI is InChI=1S/C16H9F3N.2C16H12N.Ir/c17-16(18,19)13-7-5-12(6-8-13)15-14-4-2-1-3-11(14)9-10-20-15;2*1-12-6-8-14(9-7-12)16-15-5-3-2-4-13(15)10-11-17-16;/h1-5,7-10H;2*2-8,10-11H,1H3;/q3*-1;+3. The Morgan fingerprint density at radius 2 is 0.764 bits per heavy atom. The predicted octanol–water partition coefficient (Wildman–Crippen LogP) is 12.7. The summed E-state index contributed by atoms with van der Waals surface area (Å²) in [5.74, 6) is 0. The number of hydrogen-bond donors (Lipinski definition) is 0. The van der Waals surface area contributed by atoms with E-state index in [4.69, 9.17) is 0 Å². The molecule has 3 nitrogen and oxygen atoms in total. The van der Waals surface area contributed by atoms with E-state index in [2.05, 4.69) is 95.5 Å². The van der Waals surface area contributed by atoms with E-state index in [9.17, 15) is 13.2 Å². The average molecular weight is 901 g/mol. The Morgan fingerprint density at radius 1 is 0.418 bits per heavy atom. The van der Waals surface area contributed by atoms with Crippen molar-refractivity contribution < 1.29 is 33.3 Å². The van der Waals surface area contributed by atoms with Gasteiger partial charge >= 0.3 is 26.3 Å². The van der Waals surface area contributed by atoms with Gasteiger partial charge in [-0.2, -0.15) is 13.2 Å². The largest absolute Gasteiger partial charge is 3.00 e. The molecule has 0 saturated heterocycles. The van der Waals surface area contributed by atoms with Crippen LogP contribution in [0.3, 0.4) is 0 Å². The maximum absolute atomic E-state index is 12.5. The monoisotopic (exact) mass is 901 g/mol. The molecule has 270 valence electrons. The van der Waals surface area contributed by atoms with Gasteiger partial charge in [-0.05, 0) is 73.2 Å². The number of hydrogen-bond acceptors (Lipinski definition) is 3. The first kappa shape index (κ1) is 38.7. The molecule has 0 bridgehead atoms. The number of alkyl halides is 3. The average Bonchev–Trinajstić information content (AvgIpc) is 3.21. The minimum Gasteiger partial charge on any atom is -0.304 e. The molecule has 9 aromatic rings. The molecule has 0 aliphatic heterocycles. The molecule has 0 atom stereocenters. The summed E-state index contributed by atoms with van der Waals surface area (Å²) in [7, 11) is 0. The van der Waals surface area contributed by atoms with Crippen molar-refractivity contribution in [1.29, 1.82) is 0 Å². The van der Waals surface area contributed by atoms with Crippen molar-refractivity contribution in [3.63, 3.8) is 0 Å². The van der Waals surface area contributed by atoms with Gasteiger partial charge in [-0.3, -0.25) is 0 Å². The fourth-order valence-electron chi connectivity index (χ4n) is 6.05. The predicted molar refractivity (Wildman–Crippen MR) is 213 cm³/mol. The van der Waals surface area contributed by atoms with Crippen molar-refractivity contribution in [3.8, 4) is 33.8 Å². The minimum absolute atomic E-state index is 0. The second-order valence-electron chi connectivity index (χ2n) is 12.7. The van der Waals surface area contributed by atoms with Gasteiger partial charge in [0.2, 0.25) is 0 Å². The van der Waals surface area contributed by atoms with Crippen molar-refractivity contribution in [1.82, 2.24) is 15.0 Å². The normalized spacial score (nSPS) is 10.9. The fraction of sp³-hybridized carbons (Fsp3) is 0.0625. The molecule has 0 aliphatic rings. The van der Waals surface area contributed by atoms with Crippen LogP contribution in [0, 0.1) is 32.0 Å². The minimum atomic E-state index is -4.35. The number of nitrogens with zero attached hydrogens (tertiary/aromatic N) is 3. The van der Waals surface area contributed by atoms with E-state index in [1.165, 1.54) is 38.7 Å². The first-order chi connectivity index (χ1) is 26.2. The maximum atomic E-state index is 12.5. The molecule has 0 fully saturated rings. The number of benzene rings is 6. The van der Waals surface area contributed by atoms with Gasteiger partial charge in [-0.15, -0.1) is 101 Å². The quantitative estimate of drug-likeness (QED) is 0.166. The third-order valence-electron chi connectivity index (χ3n) is 8.86. The molecular formula is C48H33F3IrN3. The van der Waals surface area contributed by atoms with Crippen LogP contribution in [-0.2, 0) is 26.3 Å². The van der Waals surface area contributed by atoms with Crippen LogP contribution >= 0.6 is 0 Å². The molecule has 0 radical (unpaired) electrons. The van der Waals surface area contributed by atoms with Crippen LogP contribution in [0.2, 0.25) is 0 Å². The Labute approximate surface area is 332 Å². The van der Waals surface area contributed by atoms with Gasteiger partial charge in [0.05, 0.1) is 0 Å². The SMILES string of the molecule is Cc1c[c-]c(-c2nccc3ccccc23)cc1.Cc1c[c-]c(-c2nccc3ccccc23)cc1.FC(F)(F)c1c[c-]c(-c2nccc3ccccc23)cc1.[Ir+3]. The molecule has 55 heavy (non-hydrogen) atoms. The van der Waals surface area contributed by atoms with E-state index in [0.717, 1.165) is 45.4 Å². The fourth-order valence-corrected chi connectivity index (χ4v) is 6.05. The Bertz CT molecular complexity index is 2520. The van der Waals surface area contributed by atoms with Crippen LogP contribution < -0.4 is 0 Å². The van der Waals surface area contributed by atoms with E-state index in [0.29, 0.717) is 11.3 Å². The first-order valence-electron chi connectivity index (χ1n) is 17.3. The first-order valence-corrected chi connectivity index (χ1v) is 17.3. The molecule has 9 rings (SSSR count). The summed E-state index contributed by atoms with van der Waals surface area (Å²) >= 11 is 0. The zero-order valence-electron chi connectivity index (χ0n) is 29.9. The molecule has 0 spiro atoms. The Balaban J connectivity index is 0.000000140. The number of aryl methyl sites for hydroxylation is 2. The van der Waals surface area contributed by atoms with E-state index in [1.54, 1.807) is 6.20 Å². The van der Waals surface area contributed by atoms with E-state index < -0.39 is 11.7 Å². The molecule has 0 N–H and O–H groups in total. The van der Waals surface area contributed by atoms with Crippen molar-refractivity contribution >= 4 is 32.3 Å². The smallest absolute Gasteiger partial charge is 0.304 e. The van der Waals surface area contributed by atoms with Gasteiger partial charge in [0, 0.05) is 18.6 Å². The molecule has 7 heteroatoms. The third-order valence-corrected chi connectivity index (χ3v) is 8.86. The van der Waals surface area contributed by atoms with Crippen LogP contribution in [0.4, 0.5) is 13.2 Å². The molecule has 0 unspecified atom stereocenters. The number of aromatic nitrogens is 3. The summed E-state index contributed by atoms with van der Waals surface area (Å²) in [6.07, 6.45) is 1.00. The van der Waals surface area contributed by atoms with Crippen molar-refractivity contribution in [2.24, 2.45) is 0 Å². The second-order valence-corrected chi connectivity index (χ2v) is 12.7. The summed E-state index contributed by atoms with van der Waals surface area (Å²) in [5.41, 5.74) is 7.02. The van der Waals surface area contributed by atoms with E-state index in [-0.39, 0.29) is 20.1 Å². The Kier molecular flexibility index (Phi) is 12.3. The molecule has 0 saturated carbocycles. The van der Waals surface area contributed by atoms with Crippen LogP contribution in [0.5, 0.6) is 0 Å². The third kappa shape index (κ3) is 9.21. The molecule has 6 aromatic carbocycles. The molecule has 3 aromatic heterocycles. The summed E-state index contributed by atoms with van der Waals surface area (Å²) in [6.45, 7) is 4.13. The summed E-state index contributed by atoms with van der Waals surface area (Å²) < 4.78 is 37.6. The van der Waals surface area contributed by atoms with Crippen LogP contribution in [0.15, 0.2) is 164 Å². The molecule has 3 heterocycles. The van der Waals surface area contributed by atoms with Crippen molar-refractivity contribution in [3.05, 3.63) is 199 Å². The number of rotatable bonds is 3. The van der Waals surface area contributed by atoms with Crippen molar-refractivity contribution in [2.75, 3.05) is 0 Å². The van der Waals surface area contributed by atoms with Gasteiger partial charge in [0.15, 0.2) is 0 Å². The number of fused-ring (bicyclic) bond motifs is 3. The number of halogens is 3. The van der Waals surface area contributed by atoms with Crippen molar-refractivity contribution in [2.45, 2.75) is 20.0 Å². The zero-order chi connectivity index (χ0) is 37.5. The van der Waals surface area contributed by atoms with Crippen LogP contribution in [0.25, 0.3) is 66.1 Å². The van der Waals surface area contributed by atoms with Gasteiger partial charge in [0.25, 0.3) is 0 Å². The topological polar surface area (TPSA) is 38.7 Å². The van der Waals surface area contributed by atoms with Gasteiger partial charge in [0.1, 0.15) is 0 Å². The maximum Gasteiger partial charge on any atom is 3.00 e. The molecule has 0 aliphatic carbocycles. The summed E-state index contributed by atoms with van der Waals surface area (Å²) in [5, 5.41) is 6.67. The van der Waals surface area contributed by atoms with Gasteiger partial charge in [-0.1, -0.05) is 86.6 Å². The van der Waals surface area contributed by atoms with Gasteiger partial charge in [-0.25, -0.2) is 0 Å². The number of pyridine rings is 3. The van der Waals surface area contributed by atoms with E-state index >= 15 is 0 Å². The summed E-state index contributed by atoms with van der Waals surface area (Å²) in [4.78, 5) is 13.2. The second kappa shape index (κ2) is 17.4. The Hall–Kier alpha value is -6.01. The van der Waals surface area contributed by atoms with Crippen LogP contribution in [-0.4, -0.2) is 15.0 Å². The molecular weight excluding hydrogens is 868 g/mol. The zero-order valence-corrected chi connectivity index (χ0v) is 32.3.